The fourth-order valence-corrected chi connectivity index (χ4v) is 2.50. The lowest BCUT2D eigenvalue weighted by Gasteiger charge is -2.33. The average Bonchev–Trinajstić information content (AvgIpc) is 2.69. The molecule has 0 bridgehead atoms. The molecular formula is C12H9F18O4P. The number of alkyl halides is 18. The van der Waals surface area contributed by atoms with Gasteiger partial charge in [-0.05, 0) is 0 Å². The summed E-state index contributed by atoms with van der Waals surface area (Å²) in [5, 5.41) is 0. The third-order valence-corrected chi connectivity index (χ3v) is 4.55. The number of hydrogen-bond donors (Lipinski definition) is 1. The highest BCUT2D eigenvalue weighted by Crippen LogP contribution is 2.55. The third kappa shape index (κ3) is 7.00. The average molecular weight is 590 g/mol. The minimum absolute atomic E-state index is 2.41. The highest BCUT2D eigenvalue weighted by Gasteiger charge is 2.72. The van der Waals surface area contributed by atoms with Crippen molar-refractivity contribution in [2.75, 3.05) is 0 Å². The van der Waals surface area contributed by atoms with E-state index in [1.54, 1.807) is 0 Å². The van der Waals surface area contributed by atoms with Gasteiger partial charge in [0.25, 0.3) is 25.6 Å². The molecule has 4 nitrogen and oxygen atoms in total. The number of phosphoric acid groups is 1. The van der Waals surface area contributed by atoms with Crippen LogP contribution in [0.3, 0.4) is 0 Å². The zero-order chi connectivity index (χ0) is 28.5. The molecule has 0 aliphatic rings. The lowest BCUT2D eigenvalue weighted by atomic mass is 10.0. The topological polar surface area (TPSA) is 55.8 Å². The highest BCUT2D eigenvalue weighted by atomic mass is 31.2. The quantitative estimate of drug-likeness (QED) is 0.195. The number of hydrogen-bond acceptors (Lipinski definition) is 3. The first-order valence-corrected chi connectivity index (χ1v) is 9.40. The van der Waals surface area contributed by atoms with Crippen molar-refractivity contribution in [1.29, 1.82) is 0 Å². The van der Waals surface area contributed by atoms with Gasteiger partial charge in [0.1, 0.15) is 0 Å². The maximum atomic E-state index is 13.3. The first kappa shape index (κ1) is 33.8. The smallest absolute Gasteiger partial charge is 0.302 e. The van der Waals surface area contributed by atoms with Crippen molar-refractivity contribution < 1.29 is 97.5 Å². The first-order chi connectivity index (χ1) is 15.3. The second-order valence-corrected chi connectivity index (χ2v) is 7.52. The van der Waals surface area contributed by atoms with E-state index in [4.69, 9.17) is 4.89 Å². The van der Waals surface area contributed by atoms with Gasteiger partial charge in [-0.2, -0.15) is 35.1 Å². The van der Waals surface area contributed by atoms with Gasteiger partial charge in [0.05, 0.1) is 0 Å². The summed E-state index contributed by atoms with van der Waals surface area (Å²) in [6.45, 7) is 0. The summed E-state index contributed by atoms with van der Waals surface area (Å²) >= 11 is 0. The van der Waals surface area contributed by atoms with Crippen molar-refractivity contribution >= 4 is 7.82 Å². The summed E-state index contributed by atoms with van der Waals surface area (Å²) in [6, 6.07) is 0. The minimum Gasteiger partial charge on any atom is -0.302 e. The van der Waals surface area contributed by atoms with Gasteiger partial charge < -0.3 is 4.89 Å². The zero-order valence-corrected chi connectivity index (χ0v) is 16.4. The van der Waals surface area contributed by atoms with Gasteiger partial charge in [0, 0.05) is 0 Å². The van der Waals surface area contributed by atoms with Crippen molar-refractivity contribution in [3.8, 4) is 0 Å². The Morgan fingerprint density at radius 3 is 0.943 bits per heavy atom. The fourth-order valence-electron chi connectivity index (χ4n) is 1.72. The molecule has 0 radical (unpaired) electrons. The molecular weight excluding hydrogens is 581 g/mol. The Morgan fingerprint density at radius 2 is 0.743 bits per heavy atom. The summed E-state index contributed by atoms with van der Waals surface area (Å²) in [6.07, 6.45) is -40.5. The molecule has 0 aliphatic heterocycles. The monoisotopic (exact) mass is 590 g/mol. The molecule has 6 atom stereocenters. The molecule has 0 aromatic rings. The third-order valence-electron chi connectivity index (χ3n) is 3.64. The van der Waals surface area contributed by atoms with Crippen LogP contribution in [0.15, 0.2) is 0 Å². The lowest BCUT2D eigenvalue weighted by molar-refractivity contribution is -0.315. The van der Waals surface area contributed by atoms with E-state index < -0.39 is 81.8 Å². The number of phosphoric ester groups is 1. The van der Waals surface area contributed by atoms with Crippen molar-refractivity contribution in [3.05, 3.63) is 0 Å². The molecule has 23 heteroatoms. The molecule has 0 aliphatic carbocycles. The lowest BCUT2D eigenvalue weighted by Crippen LogP contribution is -2.58. The van der Waals surface area contributed by atoms with E-state index >= 15 is 0 Å². The minimum atomic E-state index is -7.39. The molecule has 0 amide bonds. The van der Waals surface area contributed by atoms with Crippen molar-refractivity contribution in [3.63, 3.8) is 0 Å². The maximum absolute atomic E-state index is 13.3. The van der Waals surface area contributed by atoms with Gasteiger partial charge in [-0.1, -0.05) is 0 Å². The Hall–Kier alpha value is -1.15. The van der Waals surface area contributed by atoms with Crippen molar-refractivity contribution in [2.24, 2.45) is 0 Å². The molecule has 0 fully saturated rings. The molecule has 6 unspecified atom stereocenters. The van der Waals surface area contributed by atoms with Crippen LogP contribution in [0.5, 0.6) is 0 Å². The molecule has 0 saturated heterocycles. The molecule has 212 valence electrons. The van der Waals surface area contributed by atoms with Crippen molar-refractivity contribution in [1.82, 2.24) is 0 Å². The van der Waals surface area contributed by atoms with E-state index in [9.17, 15) is 83.6 Å². The molecule has 0 heterocycles. The van der Waals surface area contributed by atoms with Crippen LogP contribution >= 0.6 is 7.82 Å². The largest absolute Gasteiger partial charge is 0.477 e. The molecule has 0 rings (SSSR count). The molecule has 35 heavy (non-hydrogen) atoms. The summed E-state index contributed by atoms with van der Waals surface area (Å²) in [5.41, 5.74) is 0. The summed E-state index contributed by atoms with van der Waals surface area (Å²) in [4.78, 5) is 8.68. The van der Waals surface area contributed by atoms with E-state index in [-0.39, 0.29) is 0 Å². The van der Waals surface area contributed by atoms with E-state index in [0.717, 1.165) is 0 Å². The predicted octanol–water partition coefficient (Wildman–Crippen LogP) is 6.14. The Bertz CT molecular complexity index is 680. The Balaban J connectivity index is 5.75. The van der Waals surface area contributed by atoms with Gasteiger partial charge in [0.2, 0.25) is 12.3 Å². The predicted molar refractivity (Wildman–Crippen MR) is 73.2 cm³/mol. The van der Waals surface area contributed by atoms with Crippen LogP contribution in [0.4, 0.5) is 79.0 Å². The SMILES string of the molecule is O=P(O)(OC(F)C(F)(F)C(F)(F)C(F)C(F)C(F)F)OC(F)C(F)(F)C(F)(F)C(F)C(F)C(F)F. The van der Waals surface area contributed by atoms with Crippen molar-refractivity contribution in [2.45, 2.75) is 73.9 Å². The standard InChI is InChI=1S/C12H9F18O4P/c13-1(5(17)18)3(15)9(23,24)11(27,28)7(21)33-35(31,32)34-8(22)12(29,30)10(25,26)4(16)2(14)6(19)20/h1-8H,(H,31,32). The zero-order valence-electron chi connectivity index (χ0n) is 15.5. The second kappa shape index (κ2) is 11.1. The van der Waals surface area contributed by atoms with Gasteiger partial charge in [-0.3, -0.25) is 0 Å². The van der Waals surface area contributed by atoms with Gasteiger partial charge >= 0.3 is 31.5 Å². The normalized spacial score (nSPS) is 21.4. The summed E-state index contributed by atoms with van der Waals surface area (Å²) in [7, 11) is -7.39. The molecule has 1 N–H and O–H groups in total. The summed E-state index contributed by atoms with van der Waals surface area (Å²) < 4.78 is 247. The first-order valence-electron chi connectivity index (χ1n) is 7.90. The Morgan fingerprint density at radius 1 is 0.514 bits per heavy atom. The van der Waals surface area contributed by atoms with E-state index in [1.165, 1.54) is 0 Å². The van der Waals surface area contributed by atoms with Crippen LogP contribution in [0.25, 0.3) is 0 Å². The molecule has 0 spiro atoms. The van der Waals surface area contributed by atoms with Gasteiger partial charge in [-0.15, -0.1) is 0 Å². The van der Waals surface area contributed by atoms with Crippen LogP contribution in [-0.4, -0.2) is 78.8 Å². The van der Waals surface area contributed by atoms with Gasteiger partial charge in [-0.25, -0.2) is 57.5 Å². The van der Waals surface area contributed by atoms with Crippen LogP contribution in [0.1, 0.15) is 0 Å². The number of rotatable bonds is 14. The van der Waals surface area contributed by atoms with E-state index in [2.05, 4.69) is 9.05 Å². The van der Waals surface area contributed by atoms with E-state index in [0.29, 0.717) is 0 Å². The van der Waals surface area contributed by atoms with Crippen LogP contribution < -0.4 is 0 Å². The maximum Gasteiger partial charge on any atom is 0.477 e. The van der Waals surface area contributed by atoms with Crippen LogP contribution in [0, 0.1) is 0 Å². The van der Waals surface area contributed by atoms with Crippen LogP contribution in [-0.2, 0) is 13.6 Å². The van der Waals surface area contributed by atoms with Crippen LogP contribution in [0.2, 0.25) is 0 Å². The second-order valence-electron chi connectivity index (χ2n) is 6.16. The Kier molecular flexibility index (Phi) is 10.7. The molecule has 0 aromatic carbocycles. The molecule has 0 aromatic heterocycles. The molecule has 0 saturated carbocycles. The highest BCUT2D eigenvalue weighted by molar-refractivity contribution is 7.47. The van der Waals surface area contributed by atoms with E-state index in [1.807, 2.05) is 0 Å². The number of halogens is 18. The summed E-state index contributed by atoms with van der Waals surface area (Å²) in [5.74, 6) is -27.6. The Labute approximate surface area is 180 Å². The van der Waals surface area contributed by atoms with Gasteiger partial charge in [0.15, 0.2) is 12.3 Å². The fraction of sp³-hybridized carbons (Fsp3) is 1.00.